The Morgan fingerprint density at radius 3 is 2.08 bits per heavy atom. The van der Waals surface area contributed by atoms with Gasteiger partial charge >= 0.3 is 230 Å². The van der Waals surface area contributed by atoms with E-state index in [1.165, 1.54) is 36.7 Å². The monoisotopic (exact) mass is 570 g/mol. The Kier molecular flexibility index (Phi) is 6.77. The van der Waals surface area contributed by atoms with Gasteiger partial charge < -0.3 is 0 Å². The van der Waals surface area contributed by atoms with Crippen LogP contribution in [0, 0.1) is 0 Å². The fourth-order valence-corrected chi connectivity index (χ4v) is 22.8. The van der Waals surface area contributed by atoms with E-state index in [9.17, 15) is 0 Å². The number of hydrogen-bond donors (Lipinski definition) is 0. The topological polar surface area (TPSA) is 25.8 Å². The third kappa shape index (κ3) is 4.23. The van der Waals surface area contributed by atoms with E-state index in [0.717, 1.165) is 11.2 Å². The Bertz CT molecular complexity index is 1580. The summed E-state index contributed by atoms with van der Waals surface area (Å²) in [5.74, 6) is 0. The molecule has 2 aromatic heterocycles. The predicted molar refractivity (Wildman–Crippen MR) is 167 cm³/mol. The van der Waals surface area contributed by atoms with Crippen LogP contribution in [0.25, 0.3) is 42.3 Å². The van der Waals surface area contributed by atoms with Crippen molar-refractivity contribution in [3.63, 3.8) is 0 Å². The van der Waals surface area contributed by atoms with Crippen LogP contribution in [0.1, 0.15) is 67.9 Å². The molecule has 0 saturated heterocycles. The zero-order valence-electron chi connectivity index (χ0n) is 23.8. The van der Waals surface area contributed by atoms with Crippen molar-refractivity contribution in [2.75, 3.05) is 0 Å². The molecular formula is C33H40GeN2S. The van der Waals surface area contributed by atoms with Crippen molar-refractivity contribution in [1.29, 1.82) is 0 Å². The molecule has 0 unspecified atom stereocenters. The second-order valence-electron chi connectivity index (χ2n) is 12.6. The molecule has 37 heavy (non-hydrogen) atoms. The molecule has 2 heterocycles. The summed E-state index contributed by atoms with van der Waals surface area (Å²) in [6.45, 7) is 21.7. The van der Waals surface area contributed by atoms with Crippen LogP contribution >= 0.6 is 11.3 Å². The molecule has 3 aromatic carbocycles. The average Bonchev–Trinajstić information content (AvgIpc) is 3.21. The second-order valence-corrected chi connectivity index (χ2v) is 26.0. The first-order valence-corrected chi connectivity index (χ1v) is 19.2. The van der Waals surface area contributed by atoms with Crippen LogP contribution in [0.3, 0.4) is 0 Å². The van der Waals surface area contributed by atoms with Crippen LogP contribution in [0.5, 0.6) is 0 Å². The summed E-state index contributed by atoms with van der Waals surface area (Å²) < 4.78 is 6.18. The molecule has 0 saturated carbocycles. The van der Waals surface area contributed by atoms with Gasteiger partial charge in [-0.05, 0) is 0 Å². The van der Waals surface area contributed by atoms with Crippen molar-refractivity contribution in [1.82, 2.24) is 9.97 Å². The molecule has 2 nitrogen and oxygen atoms in total. The van der Waals surface area contributed by atoms with Crippen LogP contribution in [0.2, 0.25) is 14.3 Å². The van der Waals surface area contributed by atoms with Crippen molar-refractivity contribution >= 4 is 60.1 Å². The van der Waals surface area contributed by atoms with Gasteiger partial charge in [0, 0.05) is 0 Å². The fourth-order valence-electron chi connectivity index (χ4n) is 6.99. The first-order valence-electron chi connectivity index (χ1n) is 13.7. The average molecular weight is 569 g/mol. The van der Waals surface area contributed by atoms with Gasteiger partial charge in [-0.1, -0.05) is 0 Å². The summed E-state index contributed by atoms with van der Waals surface area (Å²) in [5.41, 5.74) is 4.86. The number of fused-ring (bicyclic) bond motifs is 4. The van der Waals surface area contributed by atoms with Crippen molar-refractivity contribution in [3.05, 3.63) is 66.5 Å². The van der Waals surface area contributed by atoms with E-state index >= 15 is 0 Å². The van der Waals surface area contributed by atoms with Crippen molar-refractivity contribution < 1.29 is 0 Å². The molecule has 5 aromatic rings. The van der Waals surface area contributed by atoms with E-state index in [4.69, 9.17) is 9.97 Å². The fraction of sp³-hybridized carbons (Fsp3) is 0.394. The summed E-state index contributed by atoms with van der Waals surface area (Å²) in [6.07, 6.45) is 1.76. The van der Waals surface area contributed by atoms with E-state index < -0.39 is 13.3 Å². The van der Waals surface area contributed by atoms with E-state index in [-0.39, 0.29) is 5.41 Å². The molecule has 0 atom stereocenters. The molecule has 0 bridgehead atoms. The summed E-state index contributed by atoms with van der Waals surface area (Å²) in [4.78, 5) is 9.70. The molecule has 0 spiro atoms. The standard InChI is InChI=1S/C33H40GeN2S/c1-20(2)34(21(3)4,22(5)6)28-17-24(16-23-12-10-11-13-26(23)28)30-32-31(36-19-35-30)27-15-14-25(33(7,8)9)18-29(27)37-32/h10-22H,1-9H3. The summed E-state index contributed by atoms with van der Waals surface area (Å²) >= 11 is -0.740. The van der Waals surface area contributed by atoms with E-state index in [1.54, 1.807) is 10.7 Å². The summed E-state index contributed by atoms with van der Waals surface area (Å²) in [7, 11) is 0. The molecular weight excluding hydrogens is 529 g/mol. The zero-order valence-corrected chi connectivity index (χ0v) is 26.7. The van der Waals surface area contributed by atoms with E-state index in [1.807, 2.05) is 11.3 Å². The number of aromatic nitrogens is 2. The van der Waals surface area contributed by atoms with Crippen molar-refractivity contribution in [3.8, 4) is 11.3 Å². The Morgan fingerprint density at radius 1 is 0.757 bits per heavy atom. The molecule has 0 amide bonds. The van der Waals surface area contributed by atoms with Gasteiger partial charge in [-0.15, -0.1) is 0 Å². The molecule has 0 aliphatic carbocycles. The molecule has 4 heteroatoms. The quantitative estimate of drug-likeness (QED) is 0.197. The molecule has 0 radical (unpaired) electrons. The Morgan fingerprint density at radius 2 is 1.43 bits per heavy atom. The molecule has 0 aliphatic heterocycles. The van der Waals surface area contributed by atoms with Gasteiger partial charge in [0.15, 0.2) is 0 Å². The van der Waals surface area contributed by atoms with Crippen LogP contribution in [-0.2, 0) is 5.41 Å². The SMILES string of the molecule is C[CH](C)[Ge]([c]1cc(-c2ncnc3c2sc2cc(C(C)(C)C)ccc23)cc2ccccc12)([CH](C)C)[CH](C)C. The summed E-state index contributed by atoms with van der Waals surface area (Å²) in [6, 6.07) is 20.8. The second kappa shape index (κ2) is 9.50. The van der Waals surface area contributed by atoms with Gasteiger partial charge in [-0.2, -0.15) is 0 Å². The van der Waals surface area contributed by atoms with Crippen molar-refractivity contribution in [2.24, 2.45) is 0 Å². The first-order chi connectivity index (χ1) is 17.5. The van der Waals surface area contributed by atoms with Gasteiger partial charge in [0.1, 0.15) is 0 Å². The normalized spacial score (nSPS) is 13.2. The number of nitrogens with zero attached hydrogens (tertiary/aromatic N) is 2. The molecule has 0 N–H and O–H groups in total. The van der Waals surface area contributed by atoms with Crippen LogP contribution in [0.4, 0.5) is 0 Å². The third-order valence-electron chi connectivity index (χ3n) is 8.59. The van der Waals surface area contributed by atoms with Gasteiger partial charge in [0.05, 0.1) is 0 Å². The maximum atomic E-state index is 4.93. The number of hydrogen-bond acceptors (Lipinski definition) is 3. The Balaban J connectivity index is 1.83. The summed E-state index contributed by atoms with van der Waals surface area (Å²) in [5, 5.41) is 4.00. The number of thiophene rings is 1. The van der Waals surface area contributed by atoms with Crippen LogP contribution < -0.4 is 4.40 Å². The zero-order chi connectivity index (χ0) is 26.7. The number of benzene rings is 3. The van der Waals surface area contributed by atoms with E-state index in [0.29, 0.717) is 14.3 Å². The maximum absolute atomic E-state index is 4.93. The van der Waals surface area contributed by atoms with E-state index in [2.05, 4.69) is 117 Å². The third-order valence-corrected chi connectivity index (χ3v) is 24.6. The minimum absolute atomic E-state index is 0.117. The predicted octanol–water partition coefficient (Wildman–Crippen LogP) is 9.85. The molecule has 5 rings (SSSR count). The van der Waals surface area contributed by atoms with Crippen LogP contribution in [-0.4, -0.2) is 23.2 Å². The van der Waals surface area contributed by atoms with Gasteiger partial charge in [-0.25, -0.2) is 0 Å². The van der Waals surface area contributed by atoms with Crippen LogP contribution in [0.15, 0.2) is 60.9 Å². The number of rotatable bonds is 5. The van der Waals surface area contributed by atoms with Crippen molar-refractivity contribution in [2.45, 2.75) is 82.0 Å². The Hall–Kier alpha value is -2.24. The molecule has 0 aliphatic rings. The molecule has 0 fully saturated rings. The van der Waals surface area contributed by atoms with Gasteiger partial charge in [-0.3, -0.25) is 0 Å². The van der Waals surface area contributed by atoms with Gasteiger partial charge in [0.25, 0.3) is 0 Å². The first kappa shape index (κ1) is 26.4. The molecule has 192 valence electrons. The Labute approximate surface area is 228 Å². The van der Waals surface area contributed by atoms with Gasteiger partial charge in [0.2, 0.25) is 0 Å². The minimum atomic E-state index is -2.58.